The fourth-order valence-electron chi connectivity index (χ4n) is 3.68. The largest absolute Gasteiger partial charge is 0.483 e. The molecule has 0 radical (unpaired) electrons. The number of sulfonamides is 1. The van der Waals surface area contributed by atoms with E-state index in [9.17, 15) is 22.0 Å². The Bertz CT molecular complexity index is 1260. The molecule has 2 heterocycles. The molecule has 3 aromatic rings. The van der Waals surface area contributed by atoms with E-state index in [1.54, 1.807) is 24.3 Å². The second-order valence-electron chi connectivity index (χ2n) is 7.71. The fraction of sp³-hybridized carbons (Fsp3) is 0.261. The Kier molecular flexibility index (Phi) is 7.51. The summed E-state index contributed by atoms with van der Waals surface area (Å²) < 4.78 is 60.1. The molecular formula is C23H21ClF2N2O4S2. The molecule has 1 N–H and O–H groups in total. The van der Waals surface area contributed by atoms with Crippen LogP contribution in [0.25, 0.3) is 0 Å². The molecule has 0 bridgehead atoms. The topological polar surface area (TPSA) is 75.7 Å². The van der Waals surface area contributed by atoms with Gasteiger partial charge in [-0.1, -0.05) is 41.9 Å². The van der Waals surface area contributed by atoms with Crippen molar-refractivity contribution in [2.24, 2.45) is 0 Å². The summed E-state index contributed by atoms with van der Waals surface area (Å²) in [6.45, 7) is 0.455. The van der Waals surface area contributed by atoms with E-state index >= 15 is 0 Å². The molecule has 0 spiro atoms. The summed E-state index contributed by atoms with van der Waals surface area (Å²) in [6.07, 6.45) is 1.03. The average molecular weight is 527 g/mol. The quantitative estimate of drug-likeness (QED) is 0.460. The number of rotatable bonds is 8. The molecule has 1 aliphatic heterocycles. The van der Waals surface area contributed by atoms with Crippen molar-refractivity contribution in [2.45, 2.75) is 36.2 Å². The number of amides is 1. The van der Waals surface area contributed by atoms with Crippen LogP contribution in [0.1, 0.15) is 24.0 Å². The van der Waals surface area contributed by atoms with E-state index in [-0.39, 0.29) is 29.8 Å². The molecule has 1 atom stereocenters. The number of carbonyl (C=O) groups excluding carboxylic acids is 1. The van der Waals surface area contributed by atoms with Crippen molar-refractivity contribution in [2.75, 3.05) is 6.54 Å². The summed E-state index contributed by atoms with van der Waals surface area (Å²) >= 11 is 6.84. The molecule has 4 rings (SSSR count). The van der Waals surface area contributed by atoms with Gasteiger partial charge in [0.05, 0.1) is 4.34 Å². The van der Waals surface area contributed by atoms with E-state index in [2.05, 4.69) is 5.32 Å². The molecule has 2 aromatic carbocycles. The Labute approximate surface area is 205 Å². The van der Waals surface area contributed by atoms with Gasteiger partial charge in [-0.05, 0) is 48.2 Å². The van der Waals surface area contributed by atoms with Crippen molar-refractivity contribution in [3.63, 3.8) is 0 Å². The first-order chi connectivity index (χ1) is 16.3. The van der Waals surface area contributed by atoms with E-state index in [0.29, 0.717) is 22.7 Å². The van der Waals surface area contributed by atoms with Crippen molar-refractivity contribution >= 4 is 38.9 Å². The van der Waals surface area contributed by atoms with Gasteiger partial charge in [-0.25, -0.2) is 17.2 Å². The lowest BCUT2D eigenvalue weighted by atomic mass is 10.1. The first-order valence-corrected chi connectivity index (χ1v) is 13.1. The van der Waals surface area contributed by atoms with Crippen LogP contribution in [-0.2, 0) is 28.0 Å². The second kappa shape index (κ2) is 10.4. The average Bonchev–Trinajstić information content (AvgIpc) is 3.48. The minimum Gasteiger partial charge on any atom is -0.483 e. The number of nitrogens with one attached hydrogen (secondary N) is 1. The highest BCUT2D eigenvalue weighted by atomic mass is 35.5. The lowest BCUT2D eigenvalue weighted by Gasteiger charge is -2.22. The maximum absolute atomic E-state index is 13.7. The highest BCUT2D eigenvalue weighted by Gasteiger charge is 2.40. The molecule has 1 fully saturated rings. The zero-order valence-corrected chi connectivity index (χ0v) is 20.2. The third-order valence-corrected chi connectivity index (χ3v) is 9.02. The Morgan fingerprint density at radius 2 is 1.76 bits per heavy atom. The molecule has 0 aliphatic carbocycles. The third-order valence-electron chi connectivity index (χ3n) is 5.41. The van der Waals surface area contributed by atoms with E-state index in [1.165, 1.54) is 22.5 Å². The minimum atomic E-state index is -3.80. The molecule has 1 amide bonds. The number of para-hydroxylation sites is 1. The van der Waals surface area contributed by atoms with Crippen LogP contribution >= 0.6 is 22.9 Å². The summed E-state index contributed by atoms with van der Waals surface area (Å²) in [6, 6.07) is 12.7. The third kappa shape index (κ3) is 5.41. The van der Waals surface area contributed by atoms with Gasteiger partial charge >= 0.3 is 0 Å². The number of halogens is 3. The Morgan fingerprint density at radius 1 is 1.09 bits per heavy atom. The Morgan fingerprint density at radius 3 is 2.41 bits per heavy atom. The van der Waals surface area contributed by atoms with Crippen LogP contribution in [0.4, 0.5) is 8.78 Å². The normalized spacial score (nSPS) is 16.5. The number of hydrogen-bond donors (Lipinski definition) is 1. The van der Waals surface area contributed by atoms with Crippen molar-refractivity contribution in [3.05, 3.63) is 81.7 Å². The second-order valence-corrected chi connectivity index (χ2v) is 11.5. The molecule has 11 heteroatoms. The van der Waals surface area contributed by atoms with E-state index in [0.717, 1.165) is 29.0 Å². The fourth-order valence-corrected chi connectivity index (χ4v) is 6.95. The van der Waals surface area contributed by atoms with Gasteiger partial charge < -0.3 is 10.1 Å². The maximum Gasteiger partial charge on any atom is 0.253 e. The van der Waals surface area contributed by atoms with Crippen LogP contribution in [-0.4, -0.2) is 31.2 Å². The van der Waals surface area contributed by atoms with Crippen LogP contribution in [0.3, 0.4) is 0 Å². The standard InChI is InChI=1S/C23H21ClF2N2O4S2/c24-20-10-11-21(33-20)34(30,31)28-12-2-5-19(28)23(29)27-13-15-6-8-16(9-7-15)14-32-22-17(25)3-1-4-18(22)26/h1,3-4,6-11,19H,2,5,12-14H2,(H,27,29)/t19-/m0/s1. The van der Waals surface area contributed by atoms with Crippen molar-refractivity contribution < 1.29 is 26.7 Å². The summed E-state index contributed by atoms with van der Waals surface area (Å²) in [5.41, 5.74) is 1.48. The van der Waals surface area contributed by atoms with Crippen LogP contribution in [0.2, 0.25) is 4.34 Å². The van der Waals surface area contributed by atoms with Gasteiger partial charge in [0.25, 0.3) is 10.0 Å². The number of nitrogens with zero attached hydrogens (tertiary/aromatic N) is 1. The molecule has 1 aliphatic rings. The van der Waals surface area contributed by atoms with E-state index in [1.807, 2.05) is 0 Å². The first kappa shape index (κ1) is 24.6. The number of thiophene rings is 1. The maximum atomic E-state index is 13.7. The zero-order valence-electron chi connectivity index (χ0n) is 17.8. The van der Waals surface area contributed by atoms with Crippen molar-refractivity contribution in [3.8, 4) is 5.75 Å². The Balaban J connectivity index is 1.33. The van der Waals surface area contributed by atoms with Gasteiger partial charge in [0, 0.05) is 13.1 Å². The van der Waals surface area contributed by atoms with E-state index in [4.69, 9.17) is 16.3 Å². The van der Waals surface area contributed by atoms with Crippen LogP contribution in [0.15, 0.2) is 58.8 Å². The van der Waals surface area contributed by atoms with Gasteiger partial charge in [0.2, 0.25) is 5.91 Å². The number of benzene rings is 2. The molecular weight excluding hydrogens is 506 g/mol. The zero-order chi connectivity index (χ0) is 24.3. The number of hydrogen-bond acceptors (Lipinski definition) is 5. The first-order valence-electron chi connectivity index (χ1n) is 10.5. The lowest BCUT2D eigenvalue weighted by molar-refractivity contribution is -0.124. The molecule has 6 nitrogen and oxygen atoms in total. The highest BCUT2D eigenvalue weighted by Crippen LogP contribution is 2.32. The van der Waals surface area contributed by atoms with Gasteiger partial charge in [-0.3, -0.25) is 4.79 Å². The highest BCUT2D eigenvalue weighted by molar-refractivity contribution is 7.91. The Hall–Kier alpha value is -2.53. The van der Waals surface area contributed by atoms with Gasteiger partial charge in [0.1, 0.15) is 16.9 Å². The summed E-state index contributed by atoms with van der Waals surface area (Å²) in [7, 11) is -3.80. The van der Waals surface area contributed by atoms with Crippen LogP contribution in [0.5, 0.6) is 5.75 Å². The van der Waals surface area contributed by atoms with Crippen molar-refractivity contribution in [1.29, 1.82) is 0 Å². The van der Waals surface area contributed by atoms with Crippen molar-refractivity contribution in [1.82, 2.24) is 9.62 Å². The number of ether oxygens (including phenoxy) is 1. The molecule has 0 saturated carbocycles. The van der Waals surface area contributed by atoms with E-state index < -0.39 is 33.4 Å². The molecule has 0 unspecified atom stereocenters. The monoisotopic (exact) mass is 526 g/mol. The number of carbonyl (C=O) groups is 1. The molecule has 1 aromatic heterocycles. The molecule has 1 saturated heterocycles. The summed E-state index contributed by atoms with van der Waals surface area (Å²) in [5.74, 6) is -2.35. The smallest absolute Gasteiger partial charge is 0.253 e. The van der Waals surface area contributed by atoms with Gasteiger partial charge in [-0.2, -0.15) is 4.31 Å². The minimum absolute atomic E-state index is 0.0217. The SMILES string of the molecule is O=C(NCc1ccc(COc2c(F)cccc2F)cc1)[C@@H]1CCCN1S(=O)(=O)c1ccc(Cl)s1. The van der Waals surface area contributed by atoms with Gasteiger partial charge in [0.15, 0.2) is 17.4 Å². The predicted octanol–water partition coefficient (Wildman–Crippen LogP) is 4.73. The molecule has 180 valence electrons. The molecule has 34 heavy (non-hydrogen) atoms. The van der Waals surface area contributed by atoms with Gasteiger partial charge in [-0.15, -0.1) is 11.3 Å². The van der Waals surface area contributed by atoms with Crippen LogP contribution in [0, 0.1) is 11.6 Å². The summed E-state index contributed by atoms with van der Waals surface area (Å²) in [5, 5.41) is 2.79. The predicted molar refractivity (Wildman–Crippen MR) is 125 cm³/mol. The summed E-state index contributed by atoms with van der Waals surface area (Å²) in [4.78, 5) is 12.8. The van der Waals surface area contributed by atoms with Crippen LogP contribution < -0.4 is 10.1 Å². The lowest BCUT2D eigenvalue weighted by Crippen LogP contribution is -2.45.